The predicted molar refractivity (Wildman–Crippen MR) is 146 cm³/mol. The van der Waals surface area contributed by atoms with E-state index in [1.807, 2.05) is 24.4 Å². The fraction of sp³-hybridized carbons (Fsp3) is 0.379. The van der Waals surface area contributed by atoms with E-state index in [9.17, 15) is 4.21 Å². The molecule has 2 aromatic heterocycles. The van der Waals surface area contributed by atoms with Gasteiger partial charge in [0.2, 0.25) is 0 Å². The minimum atomic E-state index is -1.27. The van der Waals surface area contributed by atoms with Gasteiger partial charge in [0.15, 0.2) is 5.65 Å². The van der Waals surface area contributed by atoms with Gasteiger partial charge < -0.3 is 9.64 Å². The standard InChI is InChI=1S/C29H31N5O2S/c35-37-27-10-7-22(17-26(27)36-14-11-31-37)28-25-16-23(18-30-29(25)33-32-28)21-4-3-19-5-8-24(9-6-20(19)15-21)34-12-1-2-13-34/h3-4,7,10,15-18,24,31H,1-2,5-6,8-9,11-14H2,(H,30,32,33). The van der Waals surface area contributed by atoms with Crippen LogP contribution in [0.15, 0.2) is 53.6 Å². The number of rotatable bonds is 3. The molecule has 2 atom stereocenters. The molecule has 0 saturated carbocycles. The van der Waals surface area contributed by atoms with Crippen LogP contribution in [0.2, 0.25) is 0 Å². The van der Waals surface area contributed by atoms with Crippen molar-refractivity contribution in [3.63, 3.8) is 0 Å². The molecule has 8 heteroatoms. The number of ether oxygens (including phenoxy) is 1. The molecular weight excluding hydrogens is 482 g/mol. The maximum absolute atomic E-state index is 12.4. The topological polar surface area (TPSA) is 83.1 Å². The maximum atomic E-state index is 12.4. The second-order valence-electron chi connectivity index (χ2n) is 10.3. The normalized spacial score (nSPS) is 22.2. The lowest BCUT2D eigenvalue weighted by molar-refractivity contribution is 0.222. The number of benzene rings is 2. The zero-order valence-corrected chi connectivity index (χ0v) is 21.7. The largest absolute Gasteiger partial charge is 0.491 e. The van der Waals surface area contributed by atoms with Crippen LogP contribution in [-0.4, -0.2) is 56.6 Å². The van der Waals surface area contributed by atoms with E-state index >= 15 is 0 Å². The quantitative estimate of drug-likeness (QED) is 0.390. The van der Waals surface area contributed by atoms with Crippen molar-refractivity contribution >= 4 is 22.0 Å². The maximum Gasteiger partial charge on any atom is 0.181 e. The summed E-state index contributed by atoms with van der Waals surface area (Å²) in [6.07, 6.45) is 9.46. The van der Waals surface area contributed by atoms with Crippen LogP contribution >= 0.6 is 0 Å². The lowest BCUT2D eigenvalue weighted by Crippen LogP contribution is -2.32. The van der Waals surface area contributed by atoms with Crippen molar-refractivity contribution in [1.82, 2.24) is 24.8 Å². The molecule has 4 heterocycles. The van der Waals surface area contributed by atoms with Crippen molar-refractivity contribution in [1.29, 1.82) is 0 Å². The molecule has 0 radical (unpaired) electrons. The van der Waals surface area contributed by atoms with Crippen LogP contribution < -0.4 is 9.46 Å². The molecule has 37 heavy (non-hydrogen) atoms. The lowest BCUT2D eigenvalue weighted by atomic mass is 9.96. The number of fused-ring (bicyclic) bond motifs is 3. The Bertz CT molecular complexity index is 1490. The third-order valence-corrected chi connectivity index (χ3v) is 9.33. The molecule has 1 saturated heterocycles. The van der Waals surface area contributed by atoms with E-state index in [0.29, 0.717) is 29.4 Å². The third-order valence-electron chi connectivity index (χ3n) is 8.12. The number of hydrogen-bond donors (Lipinski definition) is 2. The van der Waals surface area contributed by atoms with Gasteiger partial charge >= 0.3 is 0 Å². The molecule has 1 aliphatic carbocycles. The summed E-state index contributed by atoms with van der Waals surface area (Å²) < 4.78 is 21.2. The summed E-state index contributed by atoms with van der Waals surface area (Å²) in [7, 11) is -1.27. The Morgan fingerprint density at radius 1 is 0.946 bits per heavy atom. The summed E-state index contributed by atoms with van der Waals surface area (Å²) >= 11 is 0. The van der Waals surface area contributed by atoms with Gasteiger partial charge in [0.05, 0.1) is 10.6 Å². The average Bonchev–Trinajstić information content (AvgIpc) is 3.52. The molecule has 0 amide bonds. The Balaban J connectivity index is 1.20. The number of nitrogens with zero attached hydrogens (tertiary/aromatic N) is 3. The van der Waals surface area contributed by atoms with Gasteiger partial charge in [-0.05, 0) is 86.5 Å². The number of aromatic amines is 1. The van der Waals surface area contributed by atoms with E-state index in [4.69, 9.17) is 4.74 Å². The van der Waals surface area contributed by atoms with E-state index in [2.05, 4.69) is 49.1 Å². The SMILES string of the molecule is O=S1NCCOc2cc(-c3[nH]nc4ncc(-c5ccc6c(c5)CCC(N5CCCC5)CC6)cc34)ccc21. The highest BCUT2D eigenvalue weighted by molar-refractivity contribution is 7.83. The zero-order valence-electron chi connectivity index (χ0n) is 20.8. The van der Waals surface area contributed by atoms with Gasteiger partial charge in [-0.2, -0.15) is 5.10 Å². The highest BCUT2D eigenvalue weighted by atomic mass is 32.2. The Hall–Kier alpha value is -3.07. The number of H-pyrrole nitrogens is 1. The highest BCUT2D eigenvalue weighted by Gasteiger charge is 2.25. The molecule has 2 unspecified atom stereocenters. The van der Waals surface area contributed by atoms with Crippen LogP contribution in [0, 0.1) is 0 Å². The molecule has 0 spiro atoms. The number of nitrogens with one attached hydrogen (secondary N) is 2. The number of aromatic nitrogens is 3. The van der Waals surface area contributed by atoms with Crippen molar-refractivity contribution in [3.8, 4) is 28.1 Å². The highest BCUT2D eigenvalue weighted by Crippen LogP contribution is 2.35. The van der Waals surface area contributed by atoms with E-state index in [1.54, 1.807) is 0 Å². The van der Waals surface area contributed by atoms with E-state index in [0.717, 1.165) is 34.7 Å². The van der Waals surface area contributed by atoms with Crippen molar-refractivity contribution in [2.24, 2.45) is 0 Å². The fourth-order valence-electron chi connectivity index (χ4n) is 6.12. The second-order valence-corrected chi connectivity index (χ2v) is 11.6. The molecule has 2 aromatic carbocycles. The molecule has 3 aliphatic rings. The van der Waals surface area contributed by atoms with Gasteiger partial charge in [-0.25, -0.2) is 13.9 Å². The fourth-order valence-corrected chi connectivity index (χ4v) is 7.04. The van der Waals surface area contributed by atoms with E-state index in [1.165, 1.54) is 61.9 Å². The van der Waals surface area contributed by atoms with Gasteiger partial charge in [0.25, 0.3) is 0 Å². The first kappa shape index (κ1) is 23.1. The number of aryl methyl sites for hydroxylation is 2. The van der Waals surface area contributed by atoms with Crippen LogP contribution in [0.3, 0.4) is 0 Å². The van der Waals surface area contributed by atoms with Gasteiger partial charge in [0, 0.05) is 35.3 Å². The molecule has 2 N–H and O–H groups in total. The predicted octanol–water partition coefficient (Wildman–Crippen LogP) is 4.64. The van der Waals surface area contributed by atoms with Gasteiger partial charge in [-0.3, -0.25) is 5.10 Å². The van der Waals surface area contributed by atoms with Crippen molar-refractivity contribution in [2.75, 3.05) is 26.2 Å². The molecule has 2 aliphatic heterocycles. The summed E-state index contributed by atoms with van der Waals surface area (Å²) in [6.45, 7) is 3.58. The summed E-state index contributed by atoms with van der Waals surface area (Å²) in [5.41, 5.74) is 7.79. The number of likely N-dealkylation sites (tertiary alicyclic amines) is 1. The van der Waals surface area contributed by atoms with Crippen LogP contribution in [-0.2, 0) is 23.8 Å². The van der Waals surface area contributed by atoms with Crippen LogP contribution in [0.1, 0.15) is 36.8 Å². The van der Waals surface area contributed by atoms with Gasteiger partial charge in [-0.15, -0.1) is 0 Å². The first-order valence-corrected chi connectivity index (χ1v) is 14.5. The molecule has 1 fully saturated rings. The monoisotopic (exact) mass is 513 g/mol. The molecule has 190 valence electrons. The van der Waals surface area contributed by atoms with Gasteiger partial charge in [0.1, 0.15) is 23.3 Å². The van der Waals surface area contributed by atoms with Crippen LogP contribution in [0.4, 0.5) is 0 Å². The van der Waals surface area contributed by atoms with E-state index < -0.39 is 11.0 Å². The molecule has 4 aromatic rings. The Morgan fingerprint density at radius 2 is 1.78 bits per heavy atom. The number of pyridine rings is 1. The Labute approximate surface area is 219 Å². The average molecular weight is 514 g/mol. The Morgan fingerprint density at radius 3 is 2.68 bits per heavy atom. The van der Waals surface area contributed by atoms with E-state index in [-0.39, 0.29) is 0 Å². The molecule has 7 rings (SSSR count). The molecular formula is C29H31N5O2S. The first-order valence-electron chi connectivity index (χ1n) is 13.4. The Kier molecular flexibility index (Phi) is 6.03. The summed E-state index contributed by atoms with van der Waals surface area (Å²) in [5.74, 6) is 0.644. The smallest absolute Gasteiger partial charge is 0.181 e. The summed E-state index contributed by atoms with van der Waals surface area (Å²) in [4.78, 5) is 8.06. The first-order chi connectivity index (χ1) is 18.2. The number of hydrogen-bond acceptors (Lipinski definition) is 5. The third kappa shape index (κ3) is 4.37. The van der Waals surface area contributed by atoms with Crippen LogP contribution in [0.5, 0.6) is 5.75 Å². The zero-order chi connectivity index (χ0) is 24.8. The minimum Gasteiger partial charge on any atom is -0.491 e. The second kappa shape index (κ2) is 9.67. The van der Waals surface area contributed by atoms with Crippen LogP contribution in [0.25, 0.3) is 33.4 Å². The lowest BCUT2D eigenvalue weighted by Gasteiger charge is -2.25. The summed E-state index contributed by atoms with van der Waals surface area (Å²) in [5, 5.41) is 8.58. The van der Waals surface area contributed by atoms with Crippen molar-refractivity contribution in [3.05, 3.63) is 59.8 Å². The molecule has 0 bridgehead atoms. The minimum absolute atomic E-state index is 0.481. The van der Waals surface area contributed by atoms with Crippen molar-refractivity contribution in [2.45, 2.75) is 49.5 Å². The summed E-state index contributed by atoms with van der Waals surface area (Å²) in [6, 6.07) is 15.6. The molecule has 7 nitrogen and oxygen atoms in total. The van der Waals surface area contributed by atoms with Gasteiger partial charge in [-0.1, -0.05) is 24.3 Å². The van der Waals surface area contributed by atoms with Crippen molar-refractivity contribution < 1.29 is 8.95 Å².